The average molecular weight is 280 g/mol. The van der Waals surface area contributed by atoms with Crippen LogP contribution < -0.4 is 5.56 Å². The lowest BCUT2D eigenvalue weighted by atomic mass is 10.2. The van der Waals surface area contributed by atoms with Crippen LogP contribution in [0.25, 0.3) is 10.2 Å². The van der Waals surface area contributed by atoms with E-state index in [2.05, 4.69) is 9.97 Å². The third-order valence-electron chi connectivity index (χ3n) is 2.83. The molecule has 2 heterocycles. The highest BCUT2D eigenvalue weighted by molar-refractivity contribution is 7.20. The molecule has 6 heteroatoms. The van der Waals surface area contributed by atoms with Crippen molar-refractivity contribution in [3.8, 4) is 0 Å². The van der Waals surface area contributed by atoms with Crippen LogP contribution in [-0.4, -0.2) is 22.5 Å². The molecule has 0 bridgehead atoms. The van der Waals surface area contributed by atoms with Gasteiger partial charge in [-0.3, -0.25) is 4.79 Å². The monoisotopic (exact) mass is 280 g/mol. The number of nitrogens with one attached hydrogen (secondary N) is 1. The zero-order valence-corrected chi connectivity index (χ0v) is 12.2. The Labute approximate surface area is 114 Å². The predicted molar refractivity (Wildman–Crippen MR) is 75.0 cm³/mol. The van der Waals surface area contributed by atoms with Crippen LogP contribution in [0.4, 0.5) is 0 Å². The van der Waals surface area contributed by atoms with Crippen molar-refractivity contribution in [2.24, 2.45) is 0 Å². The fraction of sp³-hybridized carbons (Fsp3) is 0.462. The lowest BCUT2D eigenvalue weighted by Crippen LogP contribution is -2.12. The number of carbonyl (C=O) groups is 1. The number of aromatic nitrogens is 2. The van der Waals surface area contributed by atoms with Crippen LogP contribution in [0.1, 0.15) is 47.7 Å². The molecule has 1 N–H and O–H groups in total. The van der Waals surface area contributed by atoms with Gasteiger partial charge in [0.25, 0.3) is 5.56 Å². The molecule has 0 fully saturated rings. The van der Waals surface area contributed by atoms with Crippen molar-refractivity contribution in [3.63, 3.8) is 0 Å². The fourth-order valence-corrected chi connectivity index (χ4v) is 2.91. The smallest absolute Gasteiger partial charge is 0.348 e. The van der Waals surface area contributed by atoms with Crippen molar-refractivity contribution in [1.82, 2.24) is 9.97 Å². The largest absolute Gasteiger partial charge is 0.462 e. The number of hydrogen-bond acceptors (Lipinski definition) is 5. The summed E-state index contributed by atoms with van der Waals surface area (Å²) in [5.74, 6) is 0.369. The van der Waals surface area contributed by atoms with Gasteiger partial charge >= 0.3 is 5.97 Å². The molecule has 0 unspecified atom stereocenters. The molecule has 0 saturated carbocycles. The quantitative estimate of drug-likeness (QED) is 0.877. The highest BCUT2D eigenvalue weighted by Gasteiger charge is 2.20. The van der Waals surface area contributed by atoms with Gasteiger partial charge in [0.05, 0.1) is 12.0 Å². The highest BCUT2D eigenvalue weighted by Crippen LogP contribution is 2.28. The summed E-state index contributed by atoms with van der Waals surface area (Å²) in [6.07, 6.45) is 0. The zero-order valence-electron chi connectivity index (χ0n) is 11.4. The summed E-state index contributed by atoms with van der Waals surface area (Å²) in [4.78, 5) is 32.1. The number of rotatable bonds is 3. The highest BCUT2D eigenvalue weighted by atomic mass is 32.1. The molecule has 19 heavy (non-hydrogen) atoms. The van der Waals surface area contributed by atoms with Crippen molar-refractivity contribution in [2.45, 2.75) is 33.6 Å². The van der Waals surface area contributed by atoms with Crippen LogP contribution in [0.15, 0.2) is 4.79 Å². The maximum absolute atomic E-state index is 12.1. The molecule has 5 nitrogen and oxygen atoms in total. The Morgan fingerprint density at radius 3 is 2.74 bits per heavy atom. The first-order chi connectivity index (χ1) is 8.95. The molecule has 0 aliphatic carbocycles. The number of hydrogen-bond donors (Lipinski definition) is 1. The second-order valence-electron chi connectivity index (χ2n) is 4.56. The summed E-state index contributed by atoms with van der Waals surface area (Å²) in [5.41, 5.74) is 0.445. The summed E-state index contributed by atoms with van der Waals surface area (Å²) in [6, 6.07) is 0. The Morgan fingerprint density at radius 1 is 1.47 bits per heavy atom. The van der Waals surface area contributed by atoms with Crippen LogP contribution in [0, 0.1) is 6.92 Å². The van der Waals surface area contributed by atoms with E-state index in [1.165, 1.54) is 11.3 Å². The van der Waals surface area contributed by atoms with Gasteiger partial charge in [0, 0.05) is 5.92 Å². The standard InChI is InChI=1S/C13H16N2O3S/c1-5-18-13(17)9-7(4)8-11(16)14-10(6(2)3)15-12(8)19-9/h6H,5H2,1-4H3,(H,14,15,16). The predicted octanol–water partition coefficient (Wildman–Crippen LogP) is 2.59. The van der Waals surface area contributed by atoms with E-state index >= 15 is 0 Å². The second-order valence-corrected chi connectivity index (χ2v) is 5.56. The third kappa shape index (κ3) is 2.40. The summed E-state index contributed by atoms with van der Waals surface area (Å²) >= 11 is 1.21. The molecule has 0 amide bonds. The van der Waals surface area contributed by atoms with Crippen LogP contribution in [0.2, 0.25) is 0 Å². The Balaban J connectivity index is 2.66. The number of aromatic amines is 1. The lowest BCUT2D eigenvalue weighted by Gasteiger charge is -2.02. The Bertz CT molecular complexity index is 685. The number of carbonyl (C=O) groups excluding carboxylic acids is 1. The normalized spacial score (nSPS) is 11.2. The van der Waals surface area contributed by atoms with Gasteiger partial charge in [-0.05, 0) is 19.4 Å². The second kappa shape index (κ2) is 5.13. The first-order valence-electron chi connectivity index (χ1n) is 6.16. The maximum atomic E-state index is 12.1. The molecule has 2 aromatic rings. The number of nitrogens with zero attached hydrogens (tertiary/aromatic N) is 1. The van der Waals surface area contributed by atoms with Crippen molar-refractivity contribution < 1.29 is 9.53 Å². The van der Waals surface area contributed by atoms with E-state index < -0.39 is 5.97 Å². The van der Waals surface area contributed by atoms with Crippen molar-refractivity contribution >= 4 is 27.5 Å². The lowest BCUT2D eigenvalue weighted by molar-refractivity contribution is 0.0531. The van der Waals surface area contributed by atoms with E-state index in [0.29, 0.717) is 33.1 Å². The van der Waals surface area contributed by atoms with Crippen LogP contribution >= 0.6 is 11.3 Å². The van der Waals surface area contributed by atoms with Gasteiger partial charge in [0.15, 0.2) is 0 Å². The van der Waals surface area contributed by atoms with Gasteiger partial charge in [-0.15, -0.1) is 11.3 Å². The summed E-state index contributed by atoms with van der Waals surface area (Å²) in [6.45, 7) is 7.72. The maximum Gasteiger partial charge on any atom is 0.348 e. The van der Waals surface area contributed by atoms with Crippen LogP contribution in [-0.2, 0) is 4.74 Å². The molecule has 0 atom stereocenters. The van der Waals surface area contributed by atoms with Crippen molar-refractivity contribution in [1.29, 1.82) is 0 Å². The molecule has 0 saturated heterocycles. The van der Waals surface area contributed by atoms with E-state index in [-0.39, 0.29) is 11.5 Å². The van der Waals surface area contributed by atoms with E-state index in [4.69, 9.17) is 4.74 Å². The number of thiophene rings is 1. The van der Waals surface area contributed by atoms with E-state index in [9.17, 15) is 9.59 Å². The van der Waals surface area contributed by atoms with E-state index in [0.717, 1.165) is 0 Å². The fourth-order valence-electron chi connectivity index (χ4n) is 1.83. The minimum atomic E-state index is -0.395. The molecular formula is C13H16N2O3S. The van der Waals surface area contributed by atoms with Crippen LogP contribution in [0.5, 0.6) is 0 Å². The SMILES string of the molecule is CCOC(=O)c1sc2nc(C(C)C)[nH]c(=O)c2c1C. The number of aryl methyl sites for hydroxylation is 1. The molecule has 0 radical (unpaired) electrons. The summed E-state index contributed by atoms with van der Waals surface area (Å²) in [5, 5.41) is 0.484. The minimum absolute atomic E-state index is 0.130. The molecule has 102 valence electrons. The molecule has 0 aromatic carbocycles. The van der Waals surface area contributed by atoms with E-state index in [1.54, 1.807) is 13.8 Å². The Morgan fingerprint density at radius 2 is 2.16 bits per heavy atom. The first-order valence-corrected chi connectivity index (χ1v) is 6.97. The summed E-state index contributed by atoms with van der Waals surface area (Å²) in [7, 11) is 0. The molecule has 0 aliphatic rings. The van der Waals surface area contributed by atoms with Crippen LogP contribution in [0.3, 0.4) is 0 Å². The number of fused-ring (bicyclic) bond motifs is 1. The molecule has 2 rings (SSSR count). The van der Waals surface area contributed by atoms with Gasteiger partial charge in [-0.2, -0.15) is 0 Å². The van der Waals surface area contributed by atoms with Gasteiger partial charge in [0.2, 0.25) is 0 Å². The minimum Gasteiger partial charge on any atom is -0.462 e. The topological polar surface area (TPSA) is 72.0 Å². The number of esters is 1. The number of ether oxygens (including phenoxy) is 1. The van der Waals surface area contributed by atoms with Gasteiger partial charge < -0.3 is 9.72 Å². The Kier molecular flexibility index (Phi) is 3.71. The summed E-state index contributed by atoms with van der Waals surface area (Å²) < 4.78 is 4.99. The van der Waals surface area contributed by atoms with E-state index in [1.807, 2.05) is 13.8 Å². The molecule has 2 aromatic heterocycles. The van der Waals surface area contributed by atoms with Gasteiger partial charge in [-0.25, -0.2) is 9.78 Å². The molecular weight excluding hydrogens is 264 g/mol. The van der Waals surface area contributed by atoms with Gasteiger partial charge in [0.1, 0.15) is 15.5 Å². The van der Waals surface area contributed by atoms with Crippen molar-refractivity contribution in [3.05, 3.63) is 26.6 Å². The molecule has 0 spiro atoms. The third-order valence-corrected chi connectivity index (χ3v) is 3.99. The average Bonchev–Trinajstić information content (AvgIpc) is 2.67. The van der Waals surface area contributed by atoms with Crippen molar-refractivity contribution in [2.75, 3.05) is 6.61 Å². The number of H-pyrrole nitrogens is 1. The van der Waals surface area contributed by atoms with Gasteiger partial charge in [-0.1, -0.05) is 13.8 Å². The Hall–Kier alpha value is -1.69. The zero-order chi connectivity index (χ0) is 14.2. The molecule has 0 aliphatic heterocycles. The first kappa shape index (κ1) is 13.7.